The monoisotopic (exact) mass is 293 g/mol. The number of carbonyl (C=O) groups excluding carboxylic acids is 2. The lowest BCUT2D eigenvalue weighted by Gasteiger charge is -2.23. The molecule has 0 fully saturated rings. The van der Waals surface area contributed by atoms with Gasteiger partial charge in [-0.25, -0.2) is 4.79 Å². The number of alkyl carbamates (subject to hydrolysis) is 1. The lowest BCUT2D eigenvalue weighted by molar-refractivity contribution is -0.143. The molecule has 1 aromatic rings. The summed E-state index contributed by atoms with van der Waals surface area (Å²) in [7, 11) is 0. The predicted octanol–water partition coefficient (Wildman–Crippen LogP) is 3.21. The first kappa shape index (κ1) is 17.0. The van der Waals surface area contributed by atoms with Crippen LogP contribution in [0, 0.1) is 0 Å². The fraction of sp³-hybridized carbons (Fsp3) is 0.500. The van der Waals surface area contributed by atoms with Crippen LogP contribution >= 0.6 is 0 Å². The van der Waals surface area contributed by atoms with Crippen molar-refractivity contribution in [2.75, 3.05) is 6.61 Å². The summed E-state index contributed by atoms with van der Waals surface area (Å²) < 4.78 is 10.2. The van der Waals surface area contributed by atoms with E-state index in [-0.39, 0.29) is 12.4 Å². The highest BCUT2D eigenvalue weighted by molar-refractivity contribution is 5.73. The van der Waals surface area contributed by atoms with Crippen LogP contribution in [0.4, 0.5) is 4.79 Å². The van der Waals surface area contributed by atoms with Gasteiger partial charge in [0.25, 0.3) is 0 Å². The summed E-state index contributed by atoms with van der Waals surface area (Å²) in [6.07, 6.45) is -0.488. The van der Waals surface area contributed by atoms with Gasteiger partial charge in [0, 0.05) is 0 Å². The van der Waals surface area contributed by atoms with Gasteiger partial charge in [-0.2, -0.15) is 0 Å². The van der Waals surface area contributed by atoms with Crippen molar-refractivity contribution in [3.8, 4) is 0 Å². The minimum Gasteiger partial charge on any atom is -0.466 e. The van der Waals surface area contributed by atoms with Crippen molar-refractivity contribution in [3.63, 3.8) is 0 Å². The normalized spacial score (nSPS) is 12.4. The number of hydrogen-bond acceptors (Lipinski definition) is 4. The Kier molecular flexibility index (Phi) is 6.21. The van der Waals surface area contributed by atoms with Gasteiger partial charge in [0.2, 0.25) is 0 Å². The highest BCUT2D eigenvalue weighted by Crippen LogP contribution is 2.18. The molecule has 116 valence electrons. The lowest BCUT2D eigenvalue weighted by Crippen LogP contribution is -2.36. The summed E-state index contributed by atoms with van der Waals surface area (Å²) in [4.78, 5) is 23.6. The quantitative estimate of drug-likeness (QED) is 0.847. The Morgan fingerprint density at radius 1 is 1.19 bits per heavy atom. The second-order valence-corrected chi connectivity index (χ2v) is 5.62. The van der Waals surface area contributed by atoms with E-state index in [9.17, 15) is 9.59 Å². The number of ether oxygens (including phenoxy) is 2. The van der Waals surface area contributed by atoms with Gasteiger partial charge in [-0.15, -0.1) is 0 Å². The van der Waals surface area contributed by atoms with Gasteiger partial charge in [0.15, 0.2) is 0 Å². The molecule has 1 N–H and O–H groups in total. The second kappa shape index (κ2) is 7.67. The van der Waals surface area contributed by atoms with Gasteiger partial charge in [0.05, 0.1) is 19.1 Å². The van der Waals surface area contributed by atoms with Crippen molar-refractivity contribution in [1.29, 1.82) is 0 Å². The Morgan fingerprint density at radius 3 is 2.33 bits per heavy atom. The number of amides is 1. The molecule has 0 heterocycles. The number of hydrogen-bond donors (Lipinski definition) is 1. The maximum atomic E-state index is 11.9. The molecule has 0 aliphatic heterocycles. The number of rotatable bonds is 5. The standard InChI is InChI=1S/C16H23NO4/c1-5-20-14(18)11-13(12-9-7-6-8-10-12)17-15(19)21-16(2,3)4/h6-10,13H,5,11H2,1-4H3,(H,17,19)/t13-/m1/s1. The molecule has 0 unspecified atom stereocenters. The molecule has 0 aliphatic carbocycles. The van der Waals surface area contributed by atoms with Crippen LogP contribution in [-0.4, -0.2) is 24.3 Å². The first-order chi connectivity index (χ1) is 9.81. The molecule has 0 bridgehead atoms. The molecular formula is C16H23NO4. The Hall–Kier alpha value is -2.04. The summed E-state index contributed by atoms with van der Waals surface area (Å²) in [6, 6.07) is 8.80. The van der Waals surface area contributed by atoms with Crippen molar-refractivity contribution in [2.45, 2.75) is 45.8 Å². The summed E-state index contributed by atoms with van der Waals surface area (Å²) in [5.41, 5.74) is 0.242. The van der Waals surface area contributed by atoms with Gasteiger partial charge in [-0.1, -0.05) is 30.3 Å². The topological polar surface area (TPSA) is 64.6 Å². The SMILES string of the molecule is CCOC(=O)C[C@@H](NC(=O)OC(C)(C)C)c1ccccc1. The Bertz CT molecular complexity index is 465. The maximum absolute atomic E-state index is 11.9. The van der Waals surface area contributed by atoms with Crippen molar-refractivity contribution in [1.82, 2.24) is 5.32 Å². The van der Waals surface area contributed by atoms with Crippen LogP contribution < -0.4 is 5.32 Å². The third-order valence-corrected chi connectivity index (χ3v) is 2.57. The summed E-state index contributed by atoms with van der Waals surface area (Å²) >= 11 is 0. The molecule has 5 heteroatoms. The van der Waals surface area contributed by atoms with Crippen LogP contribution in [0.5, 0.6) is 0 Å². The fourth-order valence-corrected chi connectivity index (χ4v) is 1.77. The van der Waals surface area contributed by atoms with Crippen LogP contribution in [0.2, 0.25) is 0 Å². The minimum absolute atomic E-state index is 0.0666. The average molecular weight is 293 g/mol. The minimum atomic E-state index is -0.588. The van der Waals surface area contributed by atoms with Crippen molar-refractivity contribution < 1.29 is 19.1 Å². The molecular weight excluding hydrogens is 270 g/mol. The highest BCUT2D eigenvalue weighted by Gasteiger charge is 2.22. The second-order valence-electron chi connectivity index (χ2n) is 5.62. The molecule has 1 rings (SSSR count). The largest absolute Gasteiger partial charge is 0.466 e. The summed E-state index contributed by atoms with van der Waals surface area (Å²) in [6.45, 7) is 7.42. The van der Waals surface area contributed by atoms with Crippen LogP contribution in [0.25, 0.3) is 0 Å². The molecule has 0 aromatic heterocycles. The predicted molar refractivity (Wildman–Crippen MR) is 79.8 cm³/mol. The molecule has 0 saturated heterocycles. The first-order valence-electron chi connectivity index (χ1n) is 7.02. The van der Waals surface area contributed by atoms with Crippen LogP contribution in [0.3, 0.4) is 0 Å². The number of nitrogens with one attached hydrogen (secondary N) is 1. The lowest BCUT2D eigenvalue weighted by atomic mass is 10.0. The smallest absolute Gasteiger partial charge is 0.408 e. The van der Waals surface area contributed by atoms with E-state index in [1.165, 1.54) is 0 Å². The molecule has 0 spiro atoms. The zero-order valence-corrected chi connectivity index (χ0v) is 13.0. The first-order valence-corrected chi connectivity index (χ1v) is 7.02. The van der Waals surface area contributed by atoms with E-state index < -0.39 is 17.7 Å². The molecule has 1 atom stereocenters. The number of benzene rings is 1. The maximum Gasteiger partial charge on any atom is 0.408 e. The zero-order chi connectivity index (χ0) is 15.9. The van der Waals surface area contributed by atoms with Crippen LogP contribution in [0.15, 0.2) is 30.3 Å². The third-order valence-electron chi connectivity index (χ3n) is 2.57. The summed E-state index contributed by atoms with van der Waals surface area (Å²) in [5, 5.41) is 2.72. The van der Waals surface area contributed by atoms with Gasteiger partial charge in [-0.3, -0.25) is 4.79 Å². The van der Waals surface area contributed by atoms with E-state index in [1.807, 2.05) is 30.3 Å². The van der Waals surface area contributed by atoms with Gasteiger partial charge < -0.3 is 14.8 Å². The van der Waals surface area contributed by atoms with E-state index in [4.69, 9.17) is 9.47 Å². The molecule has 0 aliphatic rings. The fourth-order valence-electron chi connectivity index (χ4n) is 1.77. The van der Waals surface area contributed by atoms with E-state index in [2.05, 4.69) is 5.32 Å². The molecule has 1 aromatic carbocycles. The third kappa shape index (κ3) is 6.79. The van der Waals surface area contributed by atoms with E-state index in [0.717, 1.165) is 5.56 Å². The van der Waals surface area contributed by atoms with E-state index in [1.54, 1.807) is 27.7 Å². The van der Waals surface area contributed by atoms with E-state index >= 15 is 0 Å². The van der Waals surface area contributed by atoms with Crippen molar-refractivity contribution in [2.24, 2.45) is 0 Å². The van der Waals surface area contributed by atoms with Gasteiger partial charge >= 0.3 is 12.1 Å². The molecule has 1 amide bonds. The van der Waals surface area contributed by atoms with Crippen molar-refractivity contribution >= 4 is 12.1 Å². The highest BCUT2D eigenvalue weighted by atomic mass is 16.6. The van der Waals surface area contributed by atoms with Gasteiger partial charge in [0.1, 0.15) is 5.60 Å². The Labute approximate surface area is 125 Å². The summed E-state index contributed by atoms with van der Waals surface area (Å²) in [5.74, 6) is -0.359. The molecule has 0 saturated carbocycles. The van der Waals surface area contributed by atoms with Gasteiger partial charge in [-0.05, 0) is 33.3 Å². The van der Waals surface area contributed by atoms with Crippen molar-refractivity contribution in [3.05, 3.63) is 35.9 Å². The molecule has 0 radical (unpaired) electrons. The molecule has 21 heavy (non-hydrogen) atoms. The van der Waals surface area contributed by atoms with Crippen LogP contribution in [0.1, 0.15) is 45.7 Å². The Morgan fingerprint density at radius 2 is 1.81 bits per heavy atom. The zero-order valence-electron chi connectivity index (χ0n) is 13.0. The van der Waals surface area contributed by atoms with Crippen LogP contribution in [-0.2, 0) is 14.3 Å². The number of carbonyl (C=O) groups is 2. The Balaban J connectivity index is 2.78. The average Bonchev–Trinajstić information content (AvgIpc) is 2.37. The van der Waals surface area contributed by atoms with E-state index in [0.29, 0.717) is 6.61 Å². The molecule has 5 nitrogen and oxygen atoms in total. The number of esters is 1.